The van der Waals surface area contributed by atoms with Gasteiger partial charge in [0.15, 0.2) is 0 Å². The van der Waals surface area contributed by atoms with Crippen LogP contribution in [0.25, 0.3) is 0 Å². The molecule has 3 rings (SSSR count). The smallest absolute Gasteiger partial charge is 0.343 e. The Bertz CT molecular complexity index is 1050. The van der Waals surface area contributed by atoms with Crippen LogP contribution in [0.5, 0.6) is 0 Å². The number of nitrogens with one attached hydrogen (secondary N) is 1. The molecule has 2 heterocycles. The third kappa shape index (κ3) is 5.58. The van der Waals surface area contributed by atoms with Crippen molar-refractivity contribution in [2.45, 2.75) is 45.8 Å². The fourth-order valence-corrected chi connectivity index (χ4v) is 4.45. The van der Waals surface area contributed by atoms with Gasteiger partial charge in [0.2, 0.25) is 11.8 Å². The number of benzene rings is 1. The van der Waals surface area contributed by atoms with E-state index in [0.29, 0.717) is 25.6 Å². The van der Waals surface area contributed by atoms with E-state index in [9.17, 15) is 22.8 Å². The van der Waals surface area contributed by atoms with Crippen LogP contribution in [-0.2, 0) is 15.8 Å². The van der Waals surface area contributed by atoms with Crippen molar-refractivity contribution in [3.8, 4) is 0 Å². The number of nitrogens with zero attached hydrogens (tertiary/aromatic N) is 3. The quantitative estimate of drug-likeness (QED) is 0.668. The number of alkyl halides is 3. The Balaban J connectivity index is 1.70. The SMILES string of the molecule is Cc1cc(C)c(NC(=O)CN(C)C(=O)C2CCCN2c2ncc(C(F)(F)F)cc2Cl)c(C)c1. The zero-order chi connectivity index (χ0) is 24.5. The Labute approximate surface area is 195 Å². The molecule has 2 aromatic rings. The molecule has 178 valence electrons. The van der Waals surface area contributed by atoms with Gasteiger partial charge in [-0.25, -0.2) is 4.98 Å². The number of halogens is 4. The summed E-state index contributed by atoms with van der Waals surface area (Å²) < 4.78 is 38.8. The second kappa shape index (κ2) is 9.59. The number of aryl methyl sites for hydroxylation is 3. The molecule has 1 aliphatic rings. The number of carbonyl (C=O) groups excluding carboxylic acids is 2. The Morgan fingerprint density at radius 2 is 1.85 bits per heavy atom. The van der Waals surface area contributed by atoms with Crippen molar-refractivity contribution in [2.24, 2.45) is 0 Å². The molecule has 1 fully saturated rings. The van der Waals surface area contributed by atoms with E-state index in [-0.39, 0.29) is 29.2 Å². The van der Waals surface area contributed by atoms with Gasteiger partial charge in [0.1, 0.15) is 11.9 Å². The standard InChI is InChI=1S/C23H26ClF3N4O2/c1-13-8-14(2)20(15(3)9-13)29-19(32)12-30(4)22(33)18-6-5-7-31(18)21-17(24)10-16(11-28-21)23(25,26)27/h8-11,18H,5-7,12H2,1-4H3,(H,29,32). The van der Waals surface area contributed by atoms with Gasteiger partial charge < -0.3 is 15.1 Å². The first-order valence-electron chi connectivity index (χ1n) is 10.5. The molecular weight excluding hydrogens is 457 g/mol. The summed E-state index contributed by atoms with van der Waals surface area (Å²) in [5.41, 5.74) is 2.72. The average Bonchev–Trinajstić information content (AvgIpc) is 3.18. The summed E-state index contributed by atoms with van der Waals surface area (Å²) in [6.45, 7) is 6.05. The van der Waals surface area contributed by atoms with Crippen LogP contribution in [0, 0.1) is 20.8 Å². The van der Waals surface area contributed by atoms with Crippen LogP contribution in [0.4, 0.5) is 24.7 Å². The van der Waals surface area contributed by atoms with E-state index < -0.39 is 17.8 Å². The van der Waals surface area contributed by atoms with Crippen LogP contribution < -0.4 is 10.2 Å². The highest BCUT2D eigenvalue weighted by Gasteiger charge is 2.37. The Kier molecular flexibility index (Phi) is 7.21. The van der Waals surface area contributed by atoms with E-state index in [0.717, 1.165) is 28.4 Å². The molecular formula is C23H26ClF3N4O2. The summed E-state index contributed by atoms with van der Waals surface area (Å²) in [5, 5.41) is 2.70. The summed E-state index contributed by atoms with van der Waals surface area (Å²) in [6, 6.07) is 4.09. The first-order chi connectivity index (χ1) is 15.4. The topological polar surface area (TPSA) is 65.5 Å². The molecule has 1 aromatic heterocycles. The largest absolute Gasteiger partial charge is 0.417 e. The maximum Gasteiger partial charge on any atom is 0.417 e. The van der Waals surface area contributed by atoms with Crippen LogP contribution in [0.1, 0.15) is 35.1 Å². The van der Waals surface area contributed by atoms with E-state index in [1.165, 1.54) is 11.9 Å². The van der Waals surface area contributed by atoms with E-state index in [2.05, 4.69) is 10.3 Å². The van der Waals surface area contributed by atoms with Crippen LogP contribution in [0.2, 0.25) is 5.02 Å². The van der Waals surface area contributed by atoms with Gasteiger partial charge in [0, 0.05) is 25.5 Å². The van der Waals surface area contributed by atoms with Crippen molar-refractivity contribution in [1.82, 2.24) is 9.88 Å². The zero-order valence-electron chi connectivity index (χ0n) is 18.9. The summed E-state index contributed by atoms with van der Waals surface area (Å²) in [6.07, 6.45) is -2.71. The minimum atomic E-state index is -4.56. The summed E-state index contributed by atoms with van der Waals surface area (Å²) in [4.78, 5) is 32.5. The van der Waals surface area contributed by atoms with E-state index in [4.69, 9.17) is 11.6 Å². The normalized spacial score (nSPS) is 16.1. The van der Waals surface area contributed by atoms with Crippen molar-refractivity contribution in [3.05, 3.63) is 51.7 Å². The zero-order valence-corrected chi connectivity index (χ0v) is 19.6. The first-order valence-corrected chi connectivity index (χ1v) is 10.9. The van der Waals surface area contributed by atoms with E-state index >= 15 is 0 Å². The second-order valence-electron chi connectivity index (χ2n) is 8.39. The molecule has 0 radical (unpaired) electrons. The predicted molar refractivity (Wildman–Crippen MR) is 122 cm³/mol. The Morgan fingerprint density at radius 3 is 2.42 bits per heavy atom. The number of carbonyl (C=O) groups is 2. The number of hydrogen-bond donors (Lipinski definition) is 1. The second-order valence-corrected chi connectivity index (χ2v) is 8.80. The fourth-order valence-electron chi connectivity index (χ4n) is 4.18. The van der Waals surface area contributed by atoms with Gasteiger partial charge in [-0.1, -0.05) is 29.3 Å². The van der Waals surface area contributed by atoms with Gasteiger partial charge in [-0.2, -0.15) is 13.2 Å². The third-order valence-corrected chi connectivity index (χ3v) is 5.94. The lowest BCUT2D eigenvalue weighted by atomic mass is 10.1. The van der Waals surface area contributed by atoms with Crippen molar-refractivity contribution >= 4 is 34.9 Å². The summed E-state index contributed by atoms with van der Waals surface area (Å²) in [7, 11) is 1.52. The highest BCUT2D eigenvalue weighted by atomic mass is 35.5. The van der Waals surface area contributed by atoms with Gasteiger partial charge in [-0.05, 0) is 50.8 Å². The summed E-state index contributed by atoms with van der Waals surface area (Å²) in [5.74, 6) is -0.529. The number of aromatic nitrogens is 1. The van der Waals surface area contributed by atoms with Gasteiger partial charge in [0.25, 0.3) is 0 Å². The molecule has 1 N–H and O–H groups in total. The van der Waals surface area contributed by atoms with Gasteiger partial charge in [-0.15, -0.1) is 0 Å². The number of anilines is 2. The van der Waals surface area contributed by atoms with Gasteiger partial charge in [-0.3, -0.25) is 9.59 Å². The molecule has 1 atom stereocenters. The third-order valence-electron chi connectivity index (χ3n) is 5.66. The summed E-state index contributed by atoms with van der Waals surface area (Å²) >= 11 is 6.09. The monoisotopic (exact) mass is 482 g/mol. The number of pyridine rings is 1. The molecule has 0 saturated carbocycles. The number of amides is 2. The van der Waals surface area contributed by atoms with Crippen LogP contribution >= 0.6 is 11.6 Å². The van der Waals surface area contributed by atoms with Crippen molar-refractivity contribution < 1.29 is 22.8 Å². The maximum absolute atomic E-state index is 13.1. The highest BCUT2D eigenvalue weighted by molar-refractivity contribution is 6.33. The van der Waals surface area contributed by atoms with Crippen molar-refractivity contribution in [1.29, 1.82) is 0 Å². The van der Waals surface area contributed by atoms with E-state index in [1.54, 1.807) is 4.90 Å². The van der Waals surface area contributed by atoms with Crippen LogP contribution in [-0.4, -0.2) is 47.9 Å². The number of rotatable bonds is 5. The molecule has 10 heteroatoms. The van der Waals surface area contributed by atoms with Gasteiger partial charge >= 0.3 is 6.18 Å². The maximum atomic E-state index is 13.1. The molecule has 1 aliphatic heterocycles. The highest BCUT2D eigenvalue weighted by Crippen LogP contribution is 2.36. The molecule has 2 amide bonds. The lowest BCUT2D eigenvalue weighted by molar-refractivity contribution is -0.137. The molecule has 0 spiro atoms. The van der Waals surface area contributed by atoms with Crippen molar-refractivity contribution in [2.75, 3.05) is 30.4 Å². The lowest BCUT2D eigenvalue weighted by Crippen LogP contribution is -2.46. The van der Waals surface area contributed by atoms with Gasteiger partial charge in [0.05, 0.1) is 17.1 Å². The Morgan fingerprint density at radius 1 is 1.21 bits per heavy atom. The minimum absolute atomic E-state index is 0.129. The van der Waals surface area contributed by atoms with Crippen LogP contribution in [0.15, 0.2) is 24.4 Å². The van der Waals surface area contributed by atoms with Crippen molar-refractivity contribution in [3.63, 3.8) is 0 Å². The fraction of sp³-hybridized carbons (Fsp3) is 0.435. The predicted octanol–water partition coefficient (Wildman–Crippen LogP) is 4.74. The average molecular weight is 483 g/mol. The molecule has 6 nitrogen and oxygen atoms in total. The lowest BCUT2D eigenvalue weighted by Gasteiger charge is -2.29. The molecule has 0 bridgehead atoms. The minimum Gasteiger partial charge on any atom is -0.343 e. The molecule has 33 heavy (non-hydrogen) atoms. The molecule has 1 aromatic carbocycles. The molecule has 1 saturated heterocycles. The molecule has 1 unspecified atom stereocenters. The number of likely N-dealkylation sites (N-methyl/N-ethyl adjacent to an activating group) is 1. The van der Waals surface area contributed by atoms with E-state index in [1.807, 2.05) is 32.9 Å². The number of hydrogen-bond acceptors (Lipinski definition) is 4. The van der Waals surface area contributed by atoms with Crippen LogP contribution in [0.3, 0.4) is 0 Å². The Hall–Kier alpha value is -2.81. The first kappa shape index (κ1) is 24.8. The molecule has 0 aliphatic carbocycles.